The van der Waals surface area contributed by atoms with Crippen molar-refractivity contribution in [3.63, 3.8) is 0 Å². The highest BCUT2D eigenvalue weighted by atomic mass is 16.6. The Labute approximate surface area is 78.4 Å². The number of hydrogen-bond donors (Lipinski definition) is 0. The predicted octanol–water partition coefficient (Wildman–Crippen LogP) is 1.16. The van der Waals surface area contributed by atoms with Crippen molar-refractivity contribution in [3.05, 3.63) is 0 Å². The third-order valence-electron chi connectivity index (χ3n) is 2.70. The molecule has 13 heavy (non-hydrogen) atoms. The lowest BCUT2D eigenvalue weighted by Gasteiger charge is -2.40. The van der Waals surface area contributed by atoms with Gasteiger partial charge in [-0.25, -0.2) is 0 Å². The zero-order valence-corrected chi connectivity index (χ0v) is 8.37. The number of ketones is 1. The summed E-state index contributed by atoms with van der Waals surface area (Å²) in [7, 11) is 0. The molecule has 2 fully saturated rings. The molecular formula is C10H16O3. The summed E-state index contributed by atoms with van der Waals surface area (Å²) in [6.45, 7) is 6.49. The van der Waals surface area contributed by atoms with E-state index >= 15 is 0 Å². The number of rotatable bonds is 1. The molecule has 0 bridgehead atoms. The Morgan fingerprint density at radius 1 is 1.38 bits per heavy atom. The van der Waals surface area contributed by atoms with E-state index in [0.717, 1.165) is 13.0 Å². The van der Waals surface area contributed by atoms with E-state index in [1.54, 1.807) is 0 Å². The fraction of sp³-hybridized carbons (Fsp3) is 0.900. The van der Waals surface area contributed by atoms with Gasteiger partial charge in [0, 0.05) is 12.0 Å². The maximum absolute atomic E-state index is 11.8. The predicted molar refractivity (Wildman–Crippen MR) is 47.5 cm³/mol. The largest absolute Gasteiger partial charge is 0.372 e. The molecule has 2 heterocycles. The molecule has 0 aromatic carbocycles. The third-order valence-corrected chi connectivity index (χ3v) is 2.70. The van der Waals surface area contributed by atoms with E-state index < -0.39 is 0 Å². The average Bonchev–Trinajstić information content (AvgIpc) is 2.30. The van der Waals surface area contributed by atoms with E-state index in [0.29, 0.717) is 0 Å². The summed E-state index contributed by atoms with van der Waals surface area (Å²) in [5.74, 6) is 0.163. The highest BCUT2D eigenvalue weighted by Crippen LogP contribution is 2.36. The summed E-state index contributed by atoms with van der Waals surface area (Å²) in [6.07, 6.45) is 0.883. The van der Waals surface area contributed by atoms with E-state index in [-0.39, 0.29) is 29.5 Å². The van der Waals surface area contributed by atoms with Crippen molar-refractivity contribution in [2.24, 2.45) is 5.41 Å². The first-order valence-corrected chi connectivity index (χ1v) is 4.81. The van der Waals surface area contributed by atoms with Crippen LogP contribution in [0.2, 0.25) is 0 Å². The Bertz CT molecular complexity index is 229. The van der Waals surface area contributed by atoms with Crippen molar-refractivity contribution in [1.82, 2.24) is 0 Å². The van der Waals surface area contributed by atoms with Crippen LogP contribution in [0.15, 0.2) is 0 Å². The molecule has 3 nitrogen and oxygen atoms in total. The fourth-order valence-electron chi connectivity index (χ4n) is 1.83. The zero-order valence-electron chi connectivity index (χ0n) is 8.37. The van der Waals surface area contributed by atoms with Crippen molar-refractivity contribution in [1.29, 1.82) is 0 Å². The molecule has 0 aliphatic carbocycles. The number of carbonyl (C=O) groups excluding carboxylic acids is 1. The molecule has 2 aliphatic heterocycles. The van der Waals surface area contributed by atoms with Gasteiger partial charge in [0.1, 0.15) is 12.2 Å². The molecule has 0 unspecified atom stereocenters. The molecule has 2 rings (SSSR count). The Kier molecular flexibility index (Phi) is 1.96. The Morgan fingerprint density at radius 2 is 2.08 bits per heavy atom. The van der Waals surface area contributed by atoms with Crippen molar-refractivity contribution < 1.29 is 14.3 Å². The van der Waals surface area contributed by atoms with Gasteiger partial charge >= 0.3 is 0 Å². The summed E-state index contributed by atoms with van der Waals surface area (Å²) >= 11 is 0. The molecule has 0 radical (unpaired) electrons. The molecule has 0 spiro atoms. The van der Waals surface area contributed by atoms with Gasteiger partial charge in [-0.1, -0.05) is 20.8 Å². The van der Waals surface area contributed by atoms with Crippen LogP contribution < -0.4 is 0 Å². The molecule has 0 aromatic heterocycles. The Hall–Kier alpha value is -0.410. The molecular weight excluding hydrogens is 168 g/mol. The summed E-state index contributed by atoms with van der Waals surface area (Å²) in [5, 5.41) is 0. The SMILES string of the molecule is CC(C)(C)C(=O)[C@H]1O[C@@H]2CCO[C@H]12. The van der Waals surface area contributed by atoms with Crippen LogP contribution >= 0.6 is 0 Å². The summed E-state index contributed by atoms with van der Waals surface area (Å²) < 4.78 is 10.9. The summed E-state index contributed by atoms with van der Waals surface area (Å²) in [6, 6.07) is 0. The highest BCUT2D eigenvalue weighted by Gasteiger charge is 2.52. The number of fused-ring (bicyclic) bond motifs is 1. The van der Waals surface area contributed by atoms with E-state index in [2.05, 4.69) is 0 Å². The number of ether oxygens (including phenoxy) is 2. The molecule has 0 amide bonds. The van der Waals surface area contributed by atoms with Crippen LogP contribution in [0.25, 0.3) is 0 Å². The normalized spacial score (nSPS) is 38.2. The average molecular weight is 184 g/mol. The topological polar surface area (TPSA) is 35.5 Å². The summed E-state index contributed by atoms with van der Waals surface area (Å²) in [4.78, 5) is 11.8. The lowest BCUT2D eigenvalue weighted by Crippen LogP contribution is -2.57. The van der Waals surface area contributed by atoms with E-state index in [4.69, 9.17) is 9.47 Å². The van der Waals surface area contributed by atoms with Crippen LogP contribution in [0.5, 0.6) is 0 Å². The van der Waals surface area contributed by atoms with E-state index in [1.165, 1.54) is 0 Å². The van der Waals surface area contributed by atoms with Crippen LogP contribution in [0.1, 0.15) is 27.2 Å². The third kappa shape index (κ3) is 1.40. The minimum Gasteiger partial charge on any atom is -0.372 e. The van der Waals surface area contributed by atoms with E-state index in [1.807, 2.05) is 20.8 Å². The fourth-order valence-corrected chi connectivity index (χ4v) is 1.83. The van der Waals surface area contributed by atoms with Gasteiger partial charge in [0.25, 0.3) is 0 Å². The maximum atomic E-state index is 11.8. The van der Waals surface area contributed by atoms with Crippen molar-refractivity contribution in [2.45, 2.75) is 45.5 Å². The van der Waals surface area contributed by atoms with Crippen molar-refractivity contribution in [2.75, 3.05) is 6.61 Å². The molecule has 2 aliphatic rings. The number of Topliss-reactive ketones (excluding diaryl/α,β-unsaturated/α-hetero) is 1. The van der Waals surface area contributed by atoms with Crippen LogP contribution in [0.3, 0.4) is 0 Å². The molecule has 0 aromatic rings. The second-order valence-electron chi connectivity index (χ2n) is 4.83. The van der Waals surface area contributed by atoms with Crippen LogP contribution in [-0.2, 0) is 14.3 Å². The monoisotopic (exact) mass is 184 g/mol. The van der Waals surface area contributed by atoms with Crippen LogP contribution in [0, 0.1) is 5.41 Å². The lowest BCUT2D eigenvalue weighted by atomic mass is 9.82. The smallest absolute Gasteiger partial charge is 0.169 e. The van der Waals surface area contributed by atoms with E-state index in [9.17, 15) is 4.79 Å². The Morgan fingerprint density at radius 3 is 2.62 bits per heavy atom. The minimum atomic E-state index is -0.318. The van der Waals surface area contributed by atoms with Gasteiger partial charge in [-0.05, 0) is 6.42 Å². The Balaban J connectivity index is 2.00. The van der Waals surface area contributed by atoms with Crippen molar-refractivity contribution >= 4 is 5.78 Å². The van der Waals surface area contributed by atoms with Crippen LogP contribution in [0.4, 0.5) is 0 Å². The highest BCUT2D eigenvalue weighted by molar-refractivity contribution is 5.89. The molecule has 3 atom stereocenters. The maximum Gasteiger partial charge on any atom is 0.169 e. The lowest BCUT2D eigenvalue weighted by molar-refractivity contribution is -0.205. The first-order valence-electron chi connectivity index (χ1n) is 4.81. The van der Waals surface area contributed by atoms with Gasteiger partial charge in [-0.2, -0.15) is 0 Å². The molecule has 3 heteroatoms. The first-order chi connectivity index (χ1) is 6.00. The molecule has 74 valence electrons. The van der Waals surface area contributed by atoms with Gasteiger partial charge in [0.2, 0.25) is 0 Å². The minimum absolute atomic E-state index is 0.0479. The summed E-state index contributed by atoms with van der Waals surface area (Å²) in [5.41, 5.74) is -0.318. The standard InChI is InChI=1S/C10H16O3/c1-10(2,3)9(11)8-7-6(13-8)4-5-12-7/h6-8H,4-5H2,1-3H3/t6-,7+,8+/m1/s1. The second kappa shape index (κ2) is 2.79. The molecule has 0 saturated carbocycles. The van der Waals surface area contributed by atoms with Crippen LogP contribution in [-0.4, -0.2) is 30.7 Å². The van der Waals surface area contributed by atoms with Gasteiger partial charge in [-0.3, -0.25) is 4.79 Å². The van der Waals surface area contributed by atoms with Gasteiger partial charge in [0.05, 0.1) is 6.10 Å². The van der Waals surface area contributed by atoms with Gasteiger partial charge < -0.3 is 9.47 Å². The number of hydrogen-bond acceptors (Lipinski definition) is 3. The quantitative estimate of drug-likeness (QED) is 0.613. The molecule has 0 N–H and O–H groups in total. The molecule has 2 saturated heterocycles. The second-order valence-corrected chi connectivity index (χ2v) is 4.83. The zero-order chi connectivity index (χ0) is 9.64. The van der Waals surface area contributed by atoms with Gasteiger partial charge in [0.15, 0.2) is 5.78 Å². The number of carbonyl (C=O) groups is 1. The van der Waals surface area contributed by atoms with Crippen molar-refractivity contribution in [3.8, 4) is 0 Å². The first kappa shape index (κ1) is 9.16. The van der Waals surface area contributed by atoms with Gasteiger partial charge in [-0.15, -0.1) is 0 Å².